The molecule has 0 spiro atoms. The van der Waals surface area contributed by atoms with Crippen LogP contribution in [0.3, 0.4) is 0 Å². The molecule has 2 nitrogen and oxygen atoms in total. The van der Waals surface area contributed by atoms with Gasteiger partial charge in [-0.3, -0.25) is 9.78 Å². The van der Waals surface area contributed by atoms with Crippen molar-refractivity contribution in [2.24, 2.45) is 0 Å². The number of rotatable bonds is 0. The van der Waals surface area contributed by atoms with Gasteiger partial charge in [0.05, 0.1) is 0 Å². The molecule has 0 saturated heterocycles. The molecule has 0 bridgehead atoms. The van der Waals surface area contributed by atoms with E-state index in [-0.39, 0.29) is 5.78 Å². The van der Waals surface area contributed by atoms with E-state index in [0.717, 1.165) is 21.9 Å². The number of Topliss-reactive ketones (excluding diaryl/α,β-unsaturated/α-hetero) is 1. The van der Waals surface area contributed by atoms with Crippen molar-refractivity contribution >= 4 is 16.6 Å². The van der Waals surface area contributed by atoms with Crippen molar-refractivity contribution in [3.63, 3.8) is 0 Å². The number of aromatic nitrogens is 1. The first-order valence-corrected chi connectivity index (χ1v) is 4.25. The van der Waals surface area contributed by atoms with Crippen LogP contribution >= 0.6 is 0 Å². The summed E-state index contributed by atoms with van der Waals surface area (Å²) in [5.41, 5.74) is 1.92. The third-order valence-corrected chi connectivity index (χ3v) is 2.52. The van der Waals surface area contributed by atoms with E-state index in [1.165, 1.54) is 0 Å². The first-order valence-electron chi connectivity index (χ1n) is 4.25. The summed E-state index contributed by atoms with van der Waals surface area (Å²) in [6, 6.07) is 5.98. The summed E-state index contributed by atoms with van der Waals surface area (Å²) in [5.74, 6) is 0.194. The Labute approximate surface area is 75.2 Å². The number of hydrogen-bond donors (Lipinski definition) is 0. The van der Waals surface area contributed by atoms with Crippen molar-refractivity contribution in [2.75, 3.05) is 0 Å². The molecule has 2 aromatic rings. The van der Waals surface area contributed by atoms with Gasteiger partial charge in [0.15, 0.2) is 5.78 Å². The molecular weight excluding hydrogens is 162 g/mol. The first-order chi connectivity index (χ1) is 6.36. The molecule has 0 fully saturated rings. The molecule has 13 heavy (non-hydrogen) atoms. The first kappa shape index (κ1) is 6.78. The Morgan fingerprint density at radius 2 is 2.15 bits per heavy atom. The normalized spacial score (nSPS) is 14.0. The molecule has 0 aliphatic heterocycles. The van der Waals surface area contributed by atoms with E-state index in [0.29, 0.717) is 6.42 Å². The lowest BCUT2D eigenvalue weighted by atomic mass is 10.1. The lowest BCUT2D eigenvalue weighted by Gasteiger charge is -1.97. The Morgan fingerprint density at radius 1 is 1.23 bits per heavy atom. The summed E-state index contributed by atoms with van der Waals surface area (Å²) in [6.45, 7) is 0. The van der Waals surface area contributed by atoms with E-state index in [4.69, 9.17) is 0 Å². The van der Waals surface area contributed by atoms with Gasteiger partial charge >= 0.3 is 0 Å². The van der Waals surface area contributed by atoms with Crippen molar-refractivity contribution in [1.29, 1.82) is 0 Å². The zero-order valence-electron chi connectivity index (χ0n) is 6.95. The van der Waals surface area contributed by atoms with E-state index >= 15 is 0 Å². The highest BCUT2D eigenvalue weighted by molar-refractivity contribution is 6.15. The topological polar surface area (TPSA) is 30.0 Å². The summed E-state index contributed by atoms with van der Waals surface area (Å²) in [4.78, 5) is 15.6. The highest BCUT2D eigenvalue weighted by Gasteiger charge is 2.21. The van der Waals surface area contributed by atoms with E-state index in [2.05, 4.69) is 4.98 Å². The van der Waals surface area contributed by atoms with E-state index in [9.17, 15) is 4.79 Å². The average Bonchev–Trinajstić information content (AvgIpc) is 2.47. The maximum atomic E-state index is 11.5. The predicted octanol–water partition coefficient (Wildman–Crippen LogP) is 1.97. The van der Waals surface area contributed by atoms with Gasteiger partial charge in [-0.2, -0.15) is 0 Å². The Balaban J connectivity index is 2.58. The molecule has 62 valence electrons. The summed E-state index contributed by atoms with van der Waals surface area (Å²) in [7, 11) is 0. The second kappa shape index (κ2) is 2.16. The zero-order valence-corrected chi connectivity index (χ0v) is 6.95. The molecule has 0 unspecified atom stereocenters. The summed E-state index contributed by atoms with van der Waals surface area (Å²) in [6.07, 6.45) is 4.01. The fourth-order valence-corrected chi connectivity index (χ4v) is 1.94. The molecule has 1 aliphatic carbocycles. The molecule has 0 amide bonds. The van der Waals surface area contributed by atoms with Gasteiger partial charge < -0.3 is 0 Å². The van der Waals surface area contributed by atoms with Gasteiger partial charge in [-0.1, -0.05) is 18.2 Å². The van der Waals surface area contributed by atoms with Crippen LogP contribution in [0.5, 0.6) is 0 Å². The molecule has 1 aromatic carbocycles. The summed E-state index contributed by atoms with van der Waals surface area (Å²) in [5, 5.41) is 2.17. The smallest absolute Gasteiger partial charge is 0.169 e. The second-order valence-electron chi connectivity index (χ2n) is 3.30. The molecule has 2 heteroatoms. The fraction of sp³-hybridized carbons (Fsp3) is 0.0909. The van der Waals surface area contributed by atoms with Gasteiger partial charge in [0.1, 0.15) is 0 Å². The fourth-order valence-electron chi connectivity index (χ4n) is 1.94. The molecule has 3 rings (SSSR count). The SMILES string of the molecule is O=C1Cc2cccc3cncc1c23. The maximum Gasteiger partial charge on any atom is 0.169 e. The van der Waals surface area contributed by atoms with E-state index in [1.807, 2.05) is 18.2 Å². The zero-order chi connectivity index (χ0) is 8.84. The summed E-state index contributed by atoms with van der Waals surface area (Å²) < 4.78 is 0. The van der Waals surface area contributed by atoms with Crippen LogP contribution in [0, 0.1) is 0 Å². The molecule has 1 heterocycles. The van der Waals surface area contributed by atoms with Crippen molar-refractivity contribution in [1.82, 2.24) is 4.98 Å². The molecule has 0 radical (unpaired) electrons. The van der Waals surface area contributed by atoms with Crippen LogP contribution in [-0.2, 0) is 6.42 Å². The van der Waals surface area contributed by atoms with Gasteiger partial charge in [-0.05, 0) is 10.9 Å². The second-order valence-corrected chi connectivity index (χ2v) is 3.30. The Morgan fingerprint density at radius 3 is 3.08 bits per heavy atom. The lowest BCUT2D eigenvalue weighted by molar-refractivity contribution is 0.0999. The lowest BCUT2D eigenvalue weighted by Crippen LogP contribution is -1.93. The molecule has 1 aromatic heterocycles. The minimum Gasteiger partial charge on any atom is -0.294 e. The van der Waals surface area contributed by atoms with Gasteiger partial charge in [0.25, 0.3) is 0 Å². The summed E-state index contributed by atoms with van der Waals surface area (Å²) >= 11 is 0. The number of pyridine rings is 1. The van der Waals surface area contributed by atoms with Crippen molar-refractivity contribution in [3.05, 3.63) is 41.7 Å². The van der Waals surface area contributed by atoms with Gasteiger partial charge in [0, 0.05) is 29.8 Å². The maximum absolute atomic E-state index is 11.5. The largest absolute Gasteiger partial charge is 0.294 e. The van der Waals surface area contributed by atoms with Crippen LogP contribution in [0.4, 0.5) is 0 Å². The number of carbonyl (C=O) groups excluding carboxylic acids is 1. The number of carbonyl (C=O) groups is 1. The van der Waals surface area contributed by atoms with Crippen LogP contribution < -0.4 is 0 Å². The Hall–Kier alpha value is -1.70. The van der Waals surface area contributed by atoms with Crippen LogP contribution in [0.15, 0.2) is 30.6 Å². The number of nitrogens with zero attached hydrogens (tertiary/aromatic N) is 1. The average molecular weight is 169 g/mol. The van der Waals surface area contributed by atoms with Crippen LogP contribution in [0.1, 0.15) is 15.9 Å². The van der Waals surface area contributed by atoms with Crippen molar-refractivity contribution in [2.45, 2.75) is 6.42 Å². The van der Waals surface area contributed by atoms with Crippen molar-refractivity contribution in [3.8, 4) is 0 Å². The predicted molar refractivity (Wildman–Crippen MR) is 49.8 cm³/mol. The van der Waals surface area contributed by atoms with Crippen molar-refractivity contribution < 1.29 is 4.79 Å². The monoisotopic (exact) mass is 169 g/mol. The third-order valence-electron chi connectivity index (χ3n) is 2.52. The van der Waals surface area contributed by atoms with Gasteiger partial charge in [-0.15, -0.1) is 0 Å². The number of hydrogen-bond acceptors (Lipinski definition) is 2. The number of ketones is 1. The highest BCUT2D eigenvalue weighted by atomic mass is 16.1. The minimum absolute atomic E-state index is 0.194. The highest BCUT2D eigenvalue weighted by Crippen LogP contribution is 2.29. The quantitative estimate of drug-likeness (QED) is 0.603. The molecule has 0 saturated carbocycles. The number of benzene rings is 1. The molecule has 0 N–H and O–H groups in total. The van der Waals surface area contributed by atoms with Crippen LogP contribution in [0.2, 0.25) is 0 Å². The van der Waals surface area contributed by atoms with Crippen LogP contribution in [0.25, 0.3) is 10.8 Å². The minimum atomic E-state index is 0.194. The Bertz CT molecular complexity index is 511. The molecule has 0 atom stereocenters. The van der Waals surface area contributed by atoms with Gasteiger partial charge in [-0.25, -0.2) is 0 Å². The van der Waals surface area contributed by atoms with Gasteiger partial charge in [0.2, 0.25) is 0 Å². The Kier molecular flexibility index (Phi) is 1.13. The van der Waals surface area contributed by atoms with E-state index in [1.54, 1.807) is 12.4 Å². The molecule has 1 aliphatic rings. The van der Waals surface area contributed by atoms with E-state index < -0.39 is 0 Å². The standard InChI is InChI=1S/C11H7NO/c13-10-4-7-2-1-3-8-5-12-6-9(10)11(7)8/h1-3,5-6H,4H2. The third kappa shape index (κ3) is 0.773. The molecular formula is C11H7NO. The van der Waals surface area contributed by atoms with Crippen LogP contribution in [-0.4, -0.2) is 10.8 Å².